The predicted molar refractivity (Wildman–Crippen MR) is 101 cm³/mol. The van der Waals surface area contributed by atoms with Gasteiger partial charge in [-0.25, -0.2) is 9.78 Å². The van der Waals surface area contributed by atoms with Crippen LogP contribution in [-0.2, 0) is 20.5 Å². The van der Waals surface area contributed by atoms with Gasteiger partial charge >= 0.3 is 5.69 Å². The Labute approximate surface area is 147 Å². The summed E-state index contributed by atoms with van der Waals surface area (Å²) < 4.78 is 2.65. The molecule has 0 radical (unpaired) electrons. The number of fused-ring (bicyclic) bond motifs is 1. The molecule has 0 saturated carbocycles. The zero-order chi connectivity index (χ0) is 17.9. The van der Waals surface area contributed by atoms with Crippen LogP contribution in [0.15, 0.2) is 20.7 Å². The van der Waals surface area contributed by atoms with Crippen LogP contribution in [0.2, 0.25) is 0 Å². The minimum Gasteiger partial charge on any atom is -0.280 e. The fraction of sp³-hybridized carbons (Fsp3) is 0.611. The third kappa shape index (κ3) is 3.74. The quantitative estimate of drug-likeness (QED) is 0.721. The van der Waals surface area contributed by atoms with Gasteiger partial charge in [0.2, 0.25) is 0 Å². The van der Waals surface area contributed by atoms with Crippen molar-refractivity contribution in [2.45, 2.75) is 51.3 Å². The highest BCUT2D eigenvalue weighted by Crippen LogP contribution is 2.30. The topological polar surface area (TPSA) is 56.9 Å². The average Bonchev–Trinajstić information content (AvgIpc) is 2.56. The molecule has 2 aromatic heterocycles. The Morgan fingerprint density at radius 2 is 1.92 bits per heavy atom. The molecular weight excluding hydrogens is 322 g/mol. The molecular formula is C18H27N3O2S. The molecule has 0 aliphatic rings. The second kappa shape index (κ2) is 8.01. The van der Waals surface area contributed by atoms with Crippen LogP contribution < -0.4 is 11.2 Å². The van der Waals surface area contributed by atoms with Crippen molar-refractivity contribution in [3.63, 3.8) is 0 Å². The summed E-state index contributed by atoms with van der Waals surface area (Å²) in [5, 5.41) is 0.585. The molecule has 2 aromatic rings. The fourth-order valence-electron chi connectivity index (χ4n) is 2.65. The zero-order valence-corrected chi connectivity index (χ0v) is 16.1. The number of nitrogens with zero attached hydrogens (tertiary/aromatic N) is 3. The van der Waals surface area contributed by atoms with Crippen LogP contribution in [0.25, 0.3) is 11.0 Å². The van der Waals surface area contributed by atoms with Gasteiger partial charge in [0.25, 0.3) is 5.56 Å². The molecule has 0 aliphatic heterocycles. The minimum absolute atomic E-state index is 0.244. The second-order valence-corrected chi connectivity index (χ2v) is 7.76. The van der Waals surface area contributed by atoms with Crippen LogP contribution in [0.1, 0.15) is 45.6 Å². The highest BCUT2D eigenvalue weighted by molar-refractivity contribution is 7.99. The Kier molecular flexibility index (Phi) is 6.27. The third-order valence-corrected chi connectivity index (χ3v) is 5.43. The van der Waals surface area contributed by atoms with Gasteiger partial charge in [0.1, 0.15) is 5.65 Å². The first kappa shape index (κ1) is 18.8. The Balaban J connectivity index is 2.66. The number of hydrogen-bond acceptors (Lipinski definition) is 4. The van der Waals surface area contributed by atoms with E-state index in [0.29, 0.717) is 17.0 Å². The summed E-state index contributed by atoms with van der Waals surface area (Å²) in [7, 11) is 3.21. The number of pyridine rings is 1. The Bertz CT molecular complexity index is 837. The summed E-state index contributed by atoms with van der Waals surface area (Å²) in [4.78, 5) is 30.3. The molecule has 0 fully saturated rings. The Hall–Kier alpha value is -1.56. The van der Waals surface area contributed by atoms with Gasteiger partial charge in [0.05, 0.1) is 5.39 Å². The number of unbranched alkanes of at least 4 members (excludes halogenated alkanes) is 1. The van der Waals surface area contributed by atoms with E-state index in [-0.39, 0.29) is 11.2 Å². The van der Waals surface area contributed by atoms with Crippen molar-refractivity contribution in [2.75, 3.05) is 5.75 Å². The van der Waals surface area contributed by atoms with Crippen molar-refractivity contribution in [1.82, 2.24) is 14.1 Å². The summed E-state index contributed by atoms with van der Waals surface area (Å²) >= 11 is 1.72. The van der Waals surface area contributed by atoms with Crippen molar-refractivity contribution in [3.8, 4) is 0 Å². The van der Waals surface area contributed by atoms with E-state index >= 15 is 0 Å². The summed E-state index contributed by atoms with van der Waals surface area (Å²) in [5.41, 5.74) is 1.02. The highest BCUT2D eigenvalue weighted by atomic mass is 32.2. The molecule has 2 heterocycles. The third-order valence-electron chi connectivity index (χ3n) is 4.24. The Morgan fingerprint density at radius 1 is 1.21 bits per heavy atom. The van der Waals surface area contributed by atoms with Crippen molar-refractivity contribution in [1.29, 1.82) is 0 Å². The largest absolute Gasteiger partial charge is 0.332 e. The molecule has 0 aliphatic carbocycles. The van der Waals surface area contributed by atoms with Crippen LogP contribution in [0.4, 0.5) is 0 Å². The summed E-state index contributed by atoms with van der Waals surface area (Å²) in [6.45, 7) is 6.56. The second-order valence-electron chi connectivity index (χ2n) is 6.65. The van der Waals surface area contributed by atoms with Gasteiger partial charge in [-0.15, -0.1) is 11.8 Å². The first-order valence-electron chi connectivity index (χ1n) is 8.58. The molecule has 0 amide bonds. The Morgan fingerprint density at radius 3 is 2.54 bits per heavy atom. The van der Waals surface area contributed by atoms with Crippen LogP contribution in [0, 0.1) is 5.92 Å². The van der Waals surface area contributed by atoms with Crippen LogP contribution in [-0.4, -0.2) is 19.9 Å². The molecule has 132 valence electrons. The number of aryl methyl sites for hydroxylation is 2. The van der Waals surface area contributed by atoms with E-state index < -0.39 is 0 Å². The molecule has 5 nitrogen and oxygen atoms in total. The lowest BCUT2D eigenvalue weighted by atomic mass is 10.1. The fourth-order valence-corrected chi connectivity index (χ4v) is 4.10. The van der Waals surface area contributed by atoms with Crippen molar-refractivity contribution in [3.05, 3.63) is 32.6 Å². The summed E-state index contributed by atoms with van der Waals surface area (Å²) in [6.07, 6.45) is 6.01. The van der Waals surface area contributed by atoms with Gasteiger partial charge in [-0.1, -0.05) is 27.2 Å². The first-order chi connectivity index (χ1) is 11.4. The van der Waals surface area contributed by atoms with Crippen molar-refractivity contribution in [2.24, 2.45) is 20.0 Å². The maximum absolute atomic E-state index is 12.7. The van der Waals surface area contributed by atoms with Gasteiger partial charge in [-0.3, -0.25) is 13.9 Å². The van der Waals surface area contributed by atoms with E-state index in [1.54, 1.807) is 18.8 Å². The monoisotopic (exact) mass is 349 g/mol. The van der Waals surface area contributed by atoms with Crippen LogP contribution in [0.3, 0.4) is 0 Å². The van der Waals surface area contributed by atoms with Crippen molar-refractivity contribution >= 4 is 22.8 Å². The molecule has 0 bridgehead atoms. The number of rotatable bonds is 7. The lowest BCUT2D eigenvalue weighted by Crippen LogP contribution is -2.37. The molecule has 0 unspecified atom stereocenters. The van der Waals surface area contributed by atoms with Gasteiger partial charge < -0.3 is 0 Å². The van der Waals surface area contributed by atoms with E-state index in [2.05, 4.69) is 25.8 Å². The van der Waals surface area contributed by atoms with Gasteiger partial charge in [0.15, 0.2) is 0 Å². The summed E-state index contributed by atoms with van der Waals surface area (Å²) in [5.74, 6) is 1.58. The molecule has 0 atom stereocenters. The summed E-state index contributed by atoms with van der Waals surface area (Å²) in [6, 6.07) is 0. The smallest absolute Gasteiger partial charge is 0.280 e. The van der Waals surface area contributed by atoms with Crippen LogP contribution in [0.5, 0.6) is 0 Å². The average molecular weight is 350 g/mol. The number of aromatic nitrogens is 3. The first-order valence-corrected chi connectivity index (χ1v) is 9.57. The molecule has 2 rings (SSSR count). The number of hydrogen-bond donors (Lipinski definition) is 0. The molecule has 0 N–H and O–H groups in total. The van der Waals surface area contributed by atoms with Gasteiger partial charge in [-0.05, 0) is 36.5 Å². The van der Waals surface area contributed by atoms with Gasteiger partial charge in [0, 0.05) is 25.2 Å². The highest BCUT2D eigenvalue weighted by Gasteiger charge is 2.17. The molecule has 24 heavy (non-hydrogen) atoms. The molecule has 0 saturated heterocycles. The maximum atomic E-state index is 12.7. The molecule has 6 heteroatoms. The zero-order valence-electron chi connectivity index (χ0n) is 15.3. The minimum atomic E-state index is -0.334. The lowest BCUT2D eigenvalue weighted by molar-refractivity contribution is 0.632. The predicted octanol–water partition coefficient (Wildman–Crippen LogP) is 3.11. The van der Waals surface area contributed by atoms with Gasteiger partial charge in [-0.2, -0.15) is 0 Å². The SMILES string of the molecule is CCCCc1cnc2c(c1SCCC(C)C)c(=O)n(C)c(=O)n2C. The van der Waals surface area contributed by atoms with E-state index in [0.717, 1.165) is 41.9 Å². The van der Waals surface area contributed by atoms with E-state index in [4.69, 9.17) is 0 Å². The van der Waals surface area contributed by atoms with E-state index in [1.807, 2.05) is 6.20 Å². The standard InChI is InChI=1S/C18H27N3O2S/c1-6-7-8-13-11-19-16-14(15(13)24-10-9-12(2)3)17(22)21(5)18(23)20(16)4/h11-12H,6-10H2,1-5H3. The van der Waals surface area contributed by atoms with Crippen molar-refractivity contribution < 1.29 is 0 Å². The number of thioether (sulfide) groups is 1. The lowest BCUT2D eigenvalue weighted by Gasteiger charge is -2.14. The molecule has 0 spiro atoms. The van der Waals surface area contributed by atoms with E-state index in [9.17, 15) is 9.59 Å². The van der Waals surface area contributed by atoms with E-state index in [1.165, 1.54) is 16.2 Å². The molecule has 0 aromatic carbocycles. The van der Waals surface area contributed by atoms with Crippen LogP contribution >= 0.6 is 11.8 Å². The normalized spacial score (nSPS) is 11.6. The maximum Gasteiger partial charge on any atom is 0.332 e.